The fourth-order valence-corrected chi connectivity index (χ4v) is 3.24. The summed E-state index contributed by atoms with van der Waals surface area (Å²) in [6.07, 6.45) is 0.127. The van der Waals surface area contributed by atoms with Gasteiger partial charge in [-0.3, -0.25) is 4.79 Å². The molecule has 0 bridgehead atoms. The minimum atomic E-state index is 0.0815. The molecule has 0 unspecified atom stereocenters. The first kappa shape index (κ1) is 17.5. The lowest BCUT2D eigenvalue weighted by Crippen LogP contribution is -2.49. The van der Waals surface area contributed by atoms with Gasteiger partial charge < -0.3 is 14.5 Å². The van der Waals surface area contributed by atoms with Crippen LogP contribution in [0.4, 0.5) is 0 Å². The third kappa shape index (κ3) is 4.20. The number of piperazine rings is 1. The smallest absolute Gasteiger partial charge is 0.254 e. The number of benzene rings is 2. The summed E-state index contributed by atoms with van der Waals surface area (Å²) in [5.41, 5.74) is 1.89. The fraction of sp³-hybridized carbons (Fsp3) is 0.381. The van der Waals surface area contributed by atoms with Crippen molar-refractivity contribution in [3.05, 3.63) is 65.7 Å². The number of nitrogens with zero attached hydrogens (tertiary/aromatic N) is 2. The zero-order valence-corrected chi connectivity index (χ0v) is 15.2. The Morgan fingerprint density at radius 2 is 1.72 bits per heavy atom. The van der Waals surface area contributed by atoms with E-state index in [2.05, 4.69) is 24.1 Å². The van der Waals surface area contributed by atoms with Crippen molar-refractivity contribution in [2.75, 3.05) is 26.7 Å². The van der Waals surface area contributed by atoms with E-state index in [4.69, 9.17) is 4.74 Å². The lowest BCUT2D eigenvalue weighted by Gasteiger charge is -2.40. The Bertz CT molecular complexity index is 698. The van der Waals surface area contributed by atoms with E-state index in [1.165, 1.54) is 5.56 Å². The molecule has 3 rings (SSSR count). The molecule has 1 amide bonds. The molecule has 132 valence electrons. The lowest BCUT2D eigenvalue weighted by molar-refractivity contribution is 0.0498. The molecule has 0 aromatic heterocycles. The van der Waals surface area contributed by atoms with Crippen molar-refractivity contribution in [3.8, 4) is 5.75 Å². The molecular weight excluding hydrogens is 312 g/mol. The first-order chi connectivity index (χ1) is 12.0. The average Bonchev–Trinajstić information content (AvgIpc) is 2.62. The summed E-state index contributed by atoms with van der Waals surface area (Å²) >= 11 is 0. The molecule has 0 saturated carbocycles. The number of ether oxygens (including phenoxy) is 1. The first-order valence-corrected chi connectivity index (χ1v) is 8.86. The molecule has 2 aromatic carbocycles. The Labute approximate surface area is 150 Å². The predicted molar refractivity (Wildman–Crippen MR) is 99.9 cm³/mol. The monoisotopic (exact) mass is 338 g/mol. The van der Waals surface area contributed by atoms with Crippen molar-refractivity contribution in [3.63, 3.8) is 0 Å². The van der Waals surface area contributed by atoms with Gasteiger partial charge in [0.2, 0.25) is 0 Å². The van der Waals surface area contributed by atoms with E-state index in [-0.39, 0.29) is 18.1 Å². The Morgan fingerprint density at radius 1 is 1.04 bits per heavy atom. The zero-order valence-electron chi connectivity index (χ0n) is 15.2. The van der Waals surface area contributed by atoms with Gasteiger partial charge in [0.1, 0.15) is 5.75 Å². The van der Waals surface area contributed by atoms with Gasteiger partial charge in [-0.15, -0.1) is 0 Å². The van der Waals surface area contributed by atoms with Gasteiger partial charge in [-0.2, -0.15) is 0 Å². The highest BCUT2D eigenvalue weighted by Gasteiger charge is 2.30. The number of hydrogen-bond acceptors (Lipinski definition) is 3. The molecule has 1 atom stereocenters. The highest BCUT2D eigenvalue weighted by molar-refractivity contribution is 5.94. The standard InChI is InChI=1S/C21H26N2O2/c1-16(2)25-19-11-9-18(10-12-19)21(24)23-14-13-22(3)15-20(23)17-7-5-4-6-8-17/h4-12,16,20H,13-15H2,1-3H3/t20-/m1/s1. The van der Waals surface area contributed by atoms with Gasteiger partial charge in [-0.05, 0) is 50.7 Å². The minimum Gasteiger partial charge on any atom is -0.491 e. The second kappa shape index (κ2) is 7.70. The lowest BCUT2D eigenvalue weighted by atomic mass is 10.0. The predicted octanol–water partition coefficient (Wildman–Crippen LogP) is 3.60. The second-order valence-corrected chi connectivity index (χ2v) is 6.88. The van der Waals surface area contributed by atoms with Crippen LogP contribution in [0.25, 0.3) is 0 Å². The van der Waals surface area contributed by atoms with Crippen LogP contribution >= 0.6 is 0 Å². The van der Waals surface area contributed by atoms with Crippen molar-refractivity contribution in [1.82, 2.24) is 9.80 Å². The Balaban J connectivity index is 1.81. The van der Waals surface area contributed by atoms with E-state index in [0.717, 1.165) is 25.4 Å². The SMILES string of the molecule is CC(C)Oc1ccc(C(=O)N2CCN(C)C[C@@H]2c2ccccc2)cc1. The number of carbonyl (C=O) groups is 1. The van der Waals surface area contributed by atoms with Crippen LogP contribution in [0.1, 0.15) is 35.8 Å². The van der Waals surface area contributed by atoms with Crippen molar-refractivity contribution in [1.29, 1.82) is 0 Å². The molecule has 0 radical (unpaired) electrons. The summed E-state index contributed by atoms with van der Waals surface area (Å²) < 4.78 is 5.67. The average molecular weight is 338 g/mol. The molecule has 4 heteroatoms. The van der Waals surface area contributed by atoms with E-state index in [1.807, 2.05) is 61.2 Å². The number of amides is 1. The van der Waals surface area contributed by atoms with Crippen LogP contribution in [-0.4, -0.2) is 48.5 Å². The third-order valence-electron chi connectivity index (χ3n) is 4.50. The maximum atomic E-state index is 13.1. The Kier molecular flexibility index (Phi) is 5.39. The van der Waals surface area contributed by atoms with E-state index in [1.54, 1.807) is 0 Å². The van der Waals surface area contributed by atoms with Crippen molar-refractivity contribution < 1.29 is 9.53 Å². The largest absolute Gasteiger partial charge is 0.491 e. The summed E-state index contributed by atoms with van der Waals surface area (Å²) in [5, 5.41) is 0. The van der Waals surface area contributed by atoms with Gasteiger partial charge in [-0.1, -0.05) is 30.3 Å². The summed E-state index contributed by atoms with van der Waals surface area (Å²) in [6.45, 7) is 6.47. The number of hydrogen-bond donors (Lipinski definition) is 0. The fourth-order valence-electron chi connectivity index (χ4n) is 3.24. The number of carbonyl (C=O) groups excluding carboxylic acids is 1. The van der Waals surface area contributed by atoms with Gasteiger partial charge in [0.25, 0.3) is 5.91 Å². The number of rotatable bonds is 4. The highest BCUT2D eigenvalue weighted by Crippen LogP contribution is 2.27. The molecule has 1 fully saturated rings. The zero-order chi connectivity index (χ0) is 17.8. The summed E-state index contributed by atoms with van der Waals surface area (Å²) in [4.78, 5) is 17.4. The quantitative estimate of drug-likeness (QED) is 0.854. The van der Waals surface area contributed by atoms with Crippen LogP contribution < -0.4 is 4.74 Å². The highest BCUT2D eigenvalue weighted by atomic mass is 16.5. The molecule has 4 nitrogen and oxygen atoms in total. The van der Waals surface area contributed by atoms with Gasteiger partial charge in [0.15, 0.2) is 0 Å². The Morgan fingerprint density at radius 3 is 2.36 bits per heavy atom. The molecule has 1 saturated heterocycles. The Hall–Kier alpha value is -2.33. The van der Waals surface area contributed by atoms with E-state index < -0.39 is 0 Å². The minimum absolute atomic E-state index is 0.0815. The molecule has 0 spiro atoms. The van der Waals surface area contributed by atoms with Crippen molar-refractivity contribution in [2.24, 2.45) is 0 Å². The molecule has 0 N–H and O–H groups in total. The van der Waals surface area contributed by atoms with Crippen molar-refractivity contribution in [2.45, 2.75) is 26.0 Å². The first-order valence-electron chi connectivity index (χ1n) is 8.86. The third-order valence-corrected chi connectivity index (χ3v) is 4.50. The van der Waals surface area contributed by atoms with E-state index in [9.17, 15) is 4.79 Å². The summed E-state index contributed by atoms with van der Waals surface area (Å²) in [6, 6.07) is 17.8. The molecular formula is C21H26N2O2. The van der Waals surface area contributed by atoms with Crippen LogP contribution in [0.5, 0.6) is 5.75 Å². The normalized spacial score (nSPS) is 18.4. The number of likely N-dealkylation sites (N-methyl/N-ethyl adjacent to an activating group) is 1. The van der Waals surface area contributed by atoms with Crippen LogP contribution in [0.3, 0.4) is 0 Å². The van der Waals surface area contributed by atoms with Crippen LogP contribution in [0, 0.1) is 0 Å². The van der Waals surface area contributed by atoms with Gasteiger partial charge >= 0.3 is 0 Å². The summed E-state index contributed by atoms with van der Waals surface area (Å²) in [5.74, 6) is 0.877. The molecule has 0 aliphatic carbocycles. The van der Waals surface area contributed by atoms with Crippen LogP contribution in [0.2, 0.25) is 0 Å². The molecule has 2 aromatic rings. The van der Waals surface area contributed by atoms with Crippen LogP contribution in [-0.2, 0) is 0 Å². The topological polar surface area (TPSA) is 32.8 Å². The van der Waals surface area contributed by atoms with Gasteiger partial charge in [-0.25, -0.2) is 0 Å². The second-order valence-electron chi connectivity index (χ2n) is 6.88. The molecule has 25 heavy (non-hydrogen) atoms. The molecule has 1 aliphatic heterocycles. The van der Waals surface area contributed by atoms with Crippen molar-refractivity contribution >= 4 is 5.91 Å². The molecule has 1 aliphatic rings. The summed E-state index contributed by atoms with van der Waals surface area (Å²) in [7, 11) is 2.11. The van der Waals surface area contributed by atoms with Gasteiger partial charge in [0.05, 0.1) is 12.1 Å². The van der Waals surface area contributed by atoms with E-state index >= 15 is 0 Å². The van der Waals surface area contributed by atoms with Gasteiger partial charge in [0, 0.05) is 25.2 Å². The van der Waals surface area contributed by atoms with Crippen LogP contribution in [0.15, 0.2) is 54.6 Å². The maximum Gasteiger partial charge on any atom is 0.254 e. The van der Waals surface area contributed by atoms with E-state index in [0.29, 0.717) is 5.56 Å². The maximum absolute atomic E-state index is 13.1. The molecule has 1 heterocycles.